The van der Waals surface area contributed by atoms with E-state index < -0.39 is 0 Å². The van der Waals surface area contributed by atoms with Crippen molar-refractivity contribution < 1.29 is 0 Å². The molecule has 5 heteroatoms. The van der Waals surface area contributed by atoms with Crippen molar-refractivity contribution in [2.45, 2.75) is 0 Å². The number of aromatic nitrogens is 1. The van der Waals surface area contributed by atoms with Gasteiger partial charge in [0.2, 0.25) is 0 Å². The summed E-state index contributed by atoms with van der Waals surface area (Å²) in [4.78, 5) is 3.83. The molecule has 0 amide bonds. The van der Waals surface area contributed by atoms with E-state index in [0.717, 1.165) is 0 Å². The molecule has 1 heterocycles. The lowest BCUT2D eigenvalue weighted by Gasteiger charge is -2.00. The van der Waals surface area contributed by atoms with Gasteiger partial charge in [-0.3, -0.25) is 5.41 Å². The molecule has 1 aromatic rings. The molecule has 0 aliphatic heterocycles. The van der Waals surface area contributed by atoms with E-state index in [1.165, 1.54) is 0 Å². The molecule has 0 bridgehead atoms. The summed E-state index contributed by atoms with van der Waals surface area (Å²) in [6.07, 6.45) is 0. The normalized spacial score (nSPS) is 8.67. The van der Waals surface area contributed by atoms with Crippen LogP contribution in [-0.4, -0.2) is 10.8 Å². The topological polar surface area (TPSA) is 98.6 Å². The molecular weight excluding hydrogens is 154 g/mol. The fraction of sp³-hybridized carbons (Fsp3) is 0. The Bertz CT molecular complexity index is 338. The molecule has 0 aliphatic rings. The molecule has 0 unspecified atom stereocenters. The van der Waals surface area contributed by atoms with Crippen molar-refractivity contribution >= 4 is 5.84 Å². The minimum atomic E-state index is -0.00731. The molecule has 4 N–H and O–H groups in total. The largest absolute Gasteiger partial charge is 0.307 e. The fourth-order valence-electron chi connectivity index (χ4n) is 0.710. The molecule has 1 aromatic heterocycles. The second kappa shape index (κ2) is 3.46. The van der Waals surface area contributed by atoms with Gasteiger partial charge in [-0.05, 0) is 12.1 Å². The highest BCUT2D eigenvalue weighted by atomic mass is 15.2. The van der Waals surface area contributed by atoms with Crippen LogP contribution in [0.5, 0.6) is 0 Å². The maximum absolute atomic E-state index is 8.48. The first-order valence-corrected chi connectivity index (χ1v) is 3.20. The molecular formula is C7H7N5. The second-order valence-corrected chi connectivity index (χ2v) is 2.04. The third kappa shape index (κ3) is 1.56. The Hall–Kier alpha value is -1.93. The number of rotatable bonds is 1. The van der Waals surface area contributed by atoms with E-state index in [2.05, 4.69) is 10.4 Å². The Morgan fingerprint density at radius 2 is 2.42 bits per heavy atom. The van der Waals surface area contributed by atoms with Crippen LogP contribution >= 0.6 is 0 Å². The van der Waals surface area contributed by atoms with Crippen molar-refractivity contribution in [2.24, 2.45) is 5.84 Å². The van der Waals surface area contributed by atoms with Crippen LogP contribution in [0.25, 0.3) is 0 Å². The quantitative estimate of drug-likeness (QED) is 0.229. The Morgan fingerprint density at radius 3 is 3.00 bits per heavy atom. The number of hydrazine groups is 1. The van der Waals surface area contributed by atoms with E-state index >= 15 is 0 Å². The predicted molar refractivity (Wildman–Crippen MR) is 43.1 cm³/mol. The zero-order valence-corrected chi connectivity index (χ0v) is 6.20. The lowest BCUT2D eigenvalue weighted by Crippen LogP contribution is -2.30. The van der Waals surface area contributed by atoms with E-state index in [4.69, 9.17) is 16.5 Å². The molecule has 60 valence electrons. The Kier molecular flexibility index (Phi) is 2.35. The highest BCUT2D eigenvalue weighted by Gasteiger charge is 2.00. The number of nitrogens with one attached hydrogen (secondary N) is 2. The standard InChI is InChI=1S/C7H7N5/c8-4-5-2-1-3-6(11-5)7(9)12-10/h1-3H,10H2,(H2,9,12). The first-order valence-electron chi connectivity index (χ1n) is 3.20. The van der Waals surface area contributed by atoms with Crippen LogP contribution in [0.1, 0.15) is 11.4 Å². The van der Waals surface area contributed by atoms with Crippen LogP contribution in [0.4, 0.5) is 0 Å². The Balaban J connectivity index is 3.04. The van der Waals surface area contributed by atoms with Gasteiger partial charge in [0, 0.05) is 0 Å². The van der Waals surface area contributed by atoms with E-state index in [0.29, 0.717) is 5.69 Å². The Labute approximate surface area is 69.3 Å². The van der Waals surface area contributed by atoms with Gasteiger partial charge in [0.1, 0.15) is 17.5 Å². The molecule has 0 aliphatic carbocycles. The summed E-state index contributed by atoms with van der Waals surface area (Å²) in [5, 5.41) is 15.7. The van der Waals surface area contributed by atoms with E-state index in [1.54, 1.807) is 18.2 Å². The monoisotopic (exact) mass is 161 g/mol. The number of hydrogen-bond acceptors (Lipinski definition) is 4. The summed E-state index contributed by atoms with van der Waals surface area (Å²) in [6.45, 7) is 0. The minimum Gasteiger partial charge on any atom is -0.307 e. The van der Waals surface area contributed by atoms with Gasteiger partial charge in [-0.15, -0.1) is 0 Å². The molecule has 0 spiro atoms. The summed E-state index contributed by atoms with van der Waals surface area (Å²) >= 11 is 0. The van der Waals surface area contributed by atoms with Crippen LogP contribution in [0.3, 0.4) is 0 Å². The van der Waals surface area contributed by atoms with Crippen LogP contribution in [0.15, 0.2) is 18.2 Å². The summed E-state index contributed by atoms with van der Waals surface area (Å²) in [6, 6.07) is 6.68. The zero-order chi connectivity index (χ0) is 8.97. The van der Waals surface area contributed by atoms with Crippen molar-refractivity contribution in [3.63, 3.8) is 0 Å². The van der Waals surface area contributed by atoms with Crippen molar-refractivity contribution in [2.75, 3.05) is 0 Å². The smallest absolute Gasteiger partial charge is 0.158 e. The number of pyridine rings is 1. The third-order valence-electron chi connectivity index (χ3n) is 1.26. The van der Waals surface area contributed by atoms with Gasteiger partial charge in [0.25, 0.3) is 0 Å². The molecule has 0 atom stereocenters. The molecule has 5 nitrogen and oxygen atoms in total. The summed E-state index contributed by atoms with van der Waals surface area (Å²) in [5.41, 5.74) is 2.77. The average Bonchev–Trinajstić information content (AvgIpc) is 2.17. The lowest BCUT2D eigenvalue weighted by molar-refractivity contribution is 0.998. The highest BCUT2D eigenvalue weighted by molar-refractivity contribution is 5.94. The van der Waals surface area contributed by atoms with E-state index in [-0.39, 0.29) is 11.5 Å². The Morgan fingerprint density at radius 1 is 1.67 bits per heavy atom. The fourth-order valence-corrected chi connectivity index (χ4v) is 0.710. The van der Waals surface area contributed by atoms with Gasteiger partial charge < -0.3 is 5.43 Å². The number of nitriles is 1. The third-order valence-corrected chi connectivity index (χ3v) is 1.26. The molecule has 0 saturated carbocycles. The SMILES string of the molecule is N#Cc1cccc(C(=N)NN)n1. The zero-order valence-electron chi connectivity index (χ0n) is 6.20. The van der Waals surface area contributed by atoms with E-state index in [9.17, 15) is 0 Å². The van der Waals surface area contributed by atoms with Gasteiger partial charge in [-0.2, -0.15) is 5.26 Å². The van der Waals surface area contributed by atoms with Gasteiger partial charge in [-0.1, -0.05) is 6.07 Å². The van der Waals surface area contributed by atoms with Crippen molar-refractivity contribution in [1.82, 2.24) is 10.4 Å². The average molecular weight is 161 g/mol. The molecule has 0 fully saturated rings. The number of amidine groups is 1. The molecule has 0 aromatic carbocycles. The van der Waals surface area contributed by atoms with Gasteiger partial charge in [0.05, 0.1) is 0 Å². The van der Waals surface area contributed by atoms with Crippen molar-refractivity contribution in [3.05, 3.63) is 29.6 Å². The first kappa shape index (κ1) is 8.17. The van der Waals surface area contributed by atoms with Gasteiger partial charge in [0.15, 0.2) is 5.84 Å². The van der Waals surface area contributed by atoms with E-state index in [1.807, 2.05) is 6.07 Å². The van der Waals surface area contributed by atoms with Crippen LogP contribution in [-0.2, 0) is 0 Å². The maximum Gasteiger partial charge on any atom is 0.158 e. The summed E-state index contributed by atoms with van der Waals surface area (Å²) in [7, 11) is 0. The summed E-state index contributed by atoms with van der Waals surface area (Å²) in [5.74, 6) is 4.99. The van der Waals surface area contributed by atoms with Crippen molar-refractivity contribution in [3.8, 4) is 6.07 Å². The van der Waals surface area contributed by atoms with Crippen LogP contribution in [0.2, 0.25) is 0 Å². The molecule has 0 radical (unpaired) electrons. The molecule has 12 heavy (non-hydrogen) atoms. The predicted octanol–water partition coefficient (Wildman–Crippen LogP) is -0.258. The molecule has 1 rings (SSSR count). The maximum atomic E-state index is 8.48. The van der Waals surface area contributed by atoms with Crippen LogP contribution in [0, 0.1) is 16.7 Å². The van der Waals surface area contributed by atoms with Crippen molar-refractivity contribution in [1.29, 1.82) is 10.7 Å². The second-order valence-electron chi connectivity index (χ2n) is 2.04. The first-order chi connectivity index (χ1) is 5.77. The van der Waals surface area contributed by atoms with Gasteiger partial charge in [-0.25, -0.2) is 10.8 Å². The summed E-state index contributed by atoms with van der Waals surface area (Å²) < 4.78 is 0. The number of nitrogens with two attached hydrogens (primary N) is 1. The number of nitrogens with zero attached hydrogens (tertiary/aromatic N) is 2. The van der Waals surface area contributed by atoms with Crippen LogP contribution < -0.4 is 11.3 Å². The van der Waals surface area contributed by atoms with Gasteiger partial charge >= 0.3 is 0 Å². The minimum absolute atomic E-state index is 0.00731. The number of hydrogen-bond donors (Lipinski definition) is 3. The highest BCUT2D eigenvalue weighted by Crippen LogP contribution is 1.96. The lowest BCUT2D eigenvalue weighted by atomic mass is 10.3. The molecule has 0 saturated heterocycles.